The lowest BCUT2D eigenvalue weighted by molar-refractivity contribution is -0.130. The monoisotopic (exact) mass is 329 g/mol. The fourth-order valence-corrected chi connectivity index (χ4v) is 3.23. The minimum absolute atomic E-state index is 0.0849. The molecular formula is C17H23N5O2. The van der Waals surface area contributed by atoms with Gasteiger partial charge >= 0.3 is 0 Å². The summed E-state index contributed by atoms with van der Waals surface area (Å²) in [7, 11) is 0. The van der Waals surface area contributed by atoms with Crippen LogP contribution in [0.25, 0.3) is 0 Å². The van der Waals surface area contributed by atoms with Gasteiger partial charge in [-0.2, -0.15) is 5.10 Å². The molecule has 128 valence electrons. The summed E-state index contributed by atoms with van der Waals surface area (Å²) in [5, 5.41) is 7.05. The van der Waals surface area contributed by atoms with E-state index in [0.717, 1.165) is 25.1 Å². The number of carbonyl (C=O) groups is 2. The number of rotatable bonds is 5. The molecule has 1 fully saturated rings. The predicted molar refractivity (Wildman–Crippen MR) is 89.6 cm³/mol. The first-order valence-corrected chi connectivity index (χ1v) is 8.33. The first kappa shape index (κ1) is 16.3. The van der Waals surface area contributed by atoms with Crippen molar-refractivity contribution in [2.45, 2.75) is 32.2 Å². The van der Waals surface area contributed by atoms with Crippen LogP contribution in [0.2, 0.25) is 0 Å². The van der Waals surface area contributed by atoms with Crippen LogP contribution in [0.15, 0.2) is 30.7 Å². The molecule has 7 nitrogen and oxygen atoms in total. The lowest BCUT2D eigenvalue weighted by Crippen LogP contribution is -2.38. The van der Waals surface area contributed by atoms with E-state index in [4.69, 9.17) is 0 Å². The van der Waals surface area contributed by atoms with E-state index < -0.39 is 0 Å². The van der Waals surface area contributed by atoms with E-state index in [1.54, 1.807) is 24.0 Å². The zero-order valence-corrected chi connectivity index (χ0v) is 13.9. The largest absolute Gasteiger partial charge is 0.364 e. The van der Waals surface area contributed by atoms with Gasteiger partial charge in [-0.15, -0.1) is 0 Å². The van der Waals surface area contributed by atoms with Crippen LogP contribution in [0, 0.1) is 0 Å². The number of nitrogens with zero attached hydrogens (tertiary/aromatic N) is 3. The van der Waals surface area contributed by atoms with Gasteiger partial charge in [0, 0.05) is 56.8 Å². The normalized spacial score (nSPS) is 17.7. The second-order valence-corrected chi connectivity index (χ2v) is 6.13. The Morgan fingerprint density at radius 3 is 3.08 bits per heavy atom. The molecule has 7 heteroatoms. The van der Waals surface area contributed by atoms with Crippen molar-refractivity contribution >= 4 is 11.8 Å². The lowest BCUT2D eigenvalue weighted by Gasteiger charge is -2.32. The Morgan fingerprint density at radius 1 is 1.46 bits per heavy atom. The summed E-state index contributed by atoms with van der Waals surface area (Å²) in [6, 6.07) is 3.67. The molecule has 1 unspecified atom stereocenters. The minimum atomic E-state index is -0.0849. The fraction of sp³-hybridized carbons (Fsp3) is 0.471. The number of aromatic nitrogens is 3. The Morgan fingerprint density at radius 2 is 2.33 bits per heavy atom. The molecule has 3 rings (SSSR count). The third kappa shape index (κ3) is 3.67. The molecular weight excluding hydrogens is 306 g/mol. The molecule has 1 atom stereocenters. The number of hydrogen-bond donors (Lipinski definition) is 2. The molecule has 1 saturated heterocycles. The summed E-state index contributed by atoms with van der Waals surface area (Å²) in [5.74, 6) is 0.194. The zero-order chi connectivity index (χ0) is 16.9. The van der Waals surface area contributed by atoms with Crippen LogP contribution >= 0.6 is 0 Å². The topological polar surface area (TPSA) is 83.0 Å². The highest BCUT2D eigenvalue weighted by Gasteiger charge is 2.27. The third-order valence-electron chi connectivity index (χ3n) is 4.48. The van der Waals surface area contributed by atoms with Gasteiger partial charge in [0.1, 0.15) is 0 Å². The van der Waals surface area contributed by atoms with Crippen molar-refractivity contribution in [1.29, 1.82) is 0 Å². The maximum atomic E-state index is 12.5. The molecule has 0 bridgehead atoms. The number of H-pyrrole nitrogens is 1. The van der Waals surface area contributed by atoms with Gasteiger partial charge in [-0.25, -0.2) is 0 Å². The zero-order valence-electron chi connectivity index (χ0n) is 13.9. The molecule has 0 saturated carbocycles. The summed E-state index contributed by atoms with van der Waals surface area (Å²) in [6.07, 6.45) is 7.33. The molecule has 0 aliphatic carbocycles. The molecule has 0 radical (unpaired) electrons. The Hall–Kier alpha value is -2.57. The molecule has 3 heterocycles. The summed E-state index contributed by atoms with van der Waals surface area (Å²) < 4.78 is 1.78. The first-order valence-electron chi connectivity index (χ1n) is 8.33. The van der Waals surface area contributed by atoms with Crippen LogP contribution in [-0.4, -0.2) is 51.1 Å². The number of piperidine rings is 1. The van der Waals surface area contributed by atoms with Gasteiger partial charge in [0.05, 0.1) is 12.1 Å². The smallest absolute Gasteiger partial charge is 0.253 e. The molecule has 1 aliphatic rings. The van der Waals surface area contributed by atoms with E-state index in [0.29, 0.717) is 25.2 Å². The highest BCUT2D eigenvalue weighted by Crippen LogP contribution is 2.28. The molecule has 2 N–H and O–H groups in total. The Labute approximate surface area is 141 Å². The van der Waals surface area contributed by atoms with Crippen molar-refractivity contribution in [2.24, 2.45) is 0 Å². The molecule has 24 heavy (non-hydrogen) atoms. The van der Waals surface area contributed by atoms with Gasteiger partial charge in [-0.3, -0.25) is 14.3 Å². The fourth-order valence-electron chi connectivity index (χ4n) is 3.23. The number of hydrogen-bond acceptors (Lipinski definition) is 3. The van der Waals surface area contributed by atoms with Gasteiger partial charge in [-0.05, 0) is 25.0 Å². The Kier molecular flexibility index (Phi) is 4.98. The van der Waals surface area contributed by atoms with Crippen molar-refractivity contribution in [3.05, 3.63) is 42.0 Å². The minimum Gasteiger partial charge on any atom is -0.364 e. The van der Waals surface area contributed by atoms with Gasteiger partial charge in [0.2, 0.25) is 5.91 Å². The standard InChI is InChI=1S/C17H23N5O2/c1-13(23)21-9-2-4-14(12-21)16-15(5-7-18-16)17(24)19-8-11-22-10-3-6-20-22/h3,5-7,10,14,18H,2,4,8-9,11-12H2,1H3,(H,19,24). The van der Waals surface area contributed by atoms with Gasteiger partial charge in [-0.1, -0.05) is 0 Å². The van der Waals surface area contributed by atoms with E-state index in [1.807, 2.05) is 23.2 Å². The molecule has 2 amide bonds. The van der Waals surface area contributed by atoms with Crippen LogP contribution < -0.4 is 5.32 Å². The second kappa shape index (κ2) is 7.33. The Bertz CT molecular complexity index is 692. The first-order chi connectivity index (χ1) is 11.6. The van der Waals surface area contributed by atoms with E-state index in [9.17, 15) is 9.59 Å². The molecule has 2 aromatic rings. The quantitative estimate of drug-likeness (QED) is 0.869. The lowest BCUT2D eigenvalue weighted by atomic mass is 9.92. The molecule has 1 aliphatic heterocycles. The molecule has 0 spiro atoms. The van der Waals surface area contributed by atoms with Crippen LogP contribution in [0.1, 0.15) is 41.7 Å². The van der Waals surface area contributed by atoms with Crippen molar-refractivity contribution < 1.29 is 9.59 Å². The summed E-state index contributed by atoms with van der Waals surface area (Å²) in [6.45, 7) is 4.23. The number of nitrogens with one attached hydrogen (secondary N) is 2. The summed E-state index contributed by atoms with van der Waals surface area (Å²) in [5.41, 5.74) is 1.60. The summed E-state index contributed by atoms with van der Waals surface area (Å²) in [4.78, 5) is 29.1. The molecule has 0 aromatic carbocycles. The average molecular weight is 329 g/mol. The Balaban J connectivity index is 1.61. The number of amides is 2. The summed E-state index contributed by atoms with van der Waals surface area (Å²) >= 11 is 0. The number of carbonyl (C=O) groups excluding carboxylic acids is 2. The maximum Gasteiger partial charge on any atom is 0.253 e. The predicted octanol–water partition coefficient (Wildman–Crippen LogP) is 1.37. The van der Waals surface area contributed by atoms with Crippen LogP contribution in [0.5, 0.6) is 0 Å². The van der Waals surface area contributed by atoms with Crippen LogP contribution in [0.4, 0.5) is 0 Å². The van der Waals surface area contributed by atoms with E-state index in [2.05, 4.69) is 15.4 Å². The second-order valence-electron chi connectivity index (χ2n) is 6.13. The average Bonchev–Trinajstić information content (AvgIpc) is 3.26. The SMILES string of the molecule is CC(=O)N1CCCC(c2[nH]ccc2C(=O)NCCn2cccn2)C1. The van der Waals surface area contributed by atoms with E-state index in [-0.39, 0.29) is 17.7 Å². The van der Waals surface area contributed by atoms with Crippen molar-refractivity contribution in [2.75, 3.05) is 19.6 Å². The third-order valence-corrected chi connectivity index (χ3v) is 4.48. The van der Waals surface area contributed by atoms with Crippen molar-refractivity contribution in [3.63, 3.8) is 0 Å². The van der Waals surface area contributed by atoms with Gasteiger partial charge in [0.15, 0.2) is 0 Å². The van der Waals surface area contributed by atoms with Crippen molar-refractivity contribution in [1.82, 2.24) is 25.0 Å². The highest BCUT2D eigenvalue weighted by atomic mass is 16.2. The van der Waals surface area contributed by atoms with Crippen molar-refractivity contribution in [3.8, 4) is 0 Å². The van der Waals surface area contributed by atoms with Crippen LogP contribution in [0.3, 0.4) is 0 Å². The maximum absolute atomic E-state index is 12.5. The van der Waals surface area contributed by atoms with Gasteiger partial charge in [0.25, 0.3) is 5.91 Å². The molecule has 2 aromatic heterocycles. The van der Waals surface area contributed by atoms with Gasteiger partial charge < -0.3 is 15.2 Å². The van der Waals surface area contributed by atoms with Crippen LogP contribution in [-0.2, 0) is 11.3 Å². The highest BCUT2D eigenvalue weighted by molar-refractivity contribution is 5.95. The van der Waals surface area contributed by atoms with E-state index >= 15 is 0 Å². The number of likely N-dealkylation sites (tertiary alicyclic amines) is 1. The van der Waals surface area contributed by atoms with E-state index in [1.165, 1.54) is 0 Å². The number of aromatic amines is 1.